The number of anilines is 1. The molecule has 0 bridgehead atoms. The summed E-state index contributed by atoms with van der Waals surface area (Å²) in [6.45, 7) is 3.11. The predicted octanol–water partition coefficient (Wildman–Crippen LogP) is -0.808. The van der Waals surface area contributed by atoms with Gasteiger partial charge in [-0.25, -0.2) is 9.97 Å². The third-order valence-corrected chi connectivity index (χ3v) is 3.80. The van der Waals surface area contributed by atoms with Gasteiger partial charge in [0.25, 0.3) is 17.6 Å². The molecule has 0 unspecified atom stereocenters. The SMILES string of the molecule is CCc1cc[n+](C2=C([O-])C(=O)N(N(C(C)=O)c3ncccn3)C2=O)cc1. The average molecular weight is 353 g/mol. The fourth-order valence-corrected chi connectivity index (χ4v) is 2.51. The normalized spacial score (nSPS) is 14.2. The van der Waals surface area contributed by atoms with E-state index in [1.165, 1.54) is 35.4 Å². The lowest BCUT2D eigenvalue weighted by atomic mass is 10.2. The molecule has 1 aliphatic heterocycles. The molecule has 9 heteroatoms. The third-order valence-electron chi connectivity index (χ3n) is 3.80. The Balaban J connectivity index is 2.03. The summed E-state index contributed by atoms with van der Waals surface area (Å²) >= 11 is 0. The van der Waals surface area contributed by atoms with Crippen molar-refractivity contribution >= 4 is 29.4 Å². The number of amides is 3. The molecule has 0 atom stereocenters. The summed E-state index contributed by atoms with van der Waals surface area (Å²) in [5.41, 5.74) is 0.644. The Morgan fingerprint density at radius 2 is 1.81 bits per heavy atom. The average Bonchev–Trinajstić information content (AvgIpc) is 2.86. The van der Waals surface area contributed by atoms with E-state index in [4.69, 9.17) is 0 Å². The number of hydrogen-bond acceptors (Lipinski definition) is 6. The highest BCUT2D eigenvalue weighted by molar-refractivity contribution is 6.30. The lowest BCUT2D eigenvalue weighted by Gasteiger charge is -2.26. The summed E-state index contributed by atoms with van der Waals surface area (Å²) in [7, 11) is 0. The van der Waals surface area contributed by atoms with Crippen LogP contribution in [0.3, 0.4) is 0 Å². The molecule has 3 rings (SSSR count). The molecule has 0 fully saturated rings. The van der Waals surface area contributed by atoms with Gasteiger partial charge in [-0.15, -0.1) is 0 Å². The smallest absolute Gasteiger partial charge is 0.345 e. The van der Waals surface area contributed by atoms with Crippen LogP contribution in [0.5, 0.6) is 0 Å². The lowest BCUT2D eigenvalue weighted by Crippen LogP contribution is -2.52. The van der Waals surface area contributed by atoms with Crippen LogP contribution in [0.15, 0.2) is 48.7 Å². The highest BCUT2D eigenvalue weighted by Gasteiger charge is 2.45. The second-order valence-corrected chi connectivity index (χ2v) is 5.45. The van der Waals surface area contributed by atoms with E-state index in [1.807, 2.05) is 6.92 Å². The maximum Gasteiger partial charge on any atom is 0.345 e. The Bertz CT molecular complexity index is 909. The lowest BCUT2D eigenvalue weighted by molar-refractivity contribution is -0.581. The molecule has 0 aromatic carbocycles. The minimum Gasteiger partial charge on any atom is -0.864 e. The molecular weight excluding hydrogens is 338 g/mol. The van der Waals surface area contributed by atoms with Gasteiger partial charge in [-0.3, -0.25) is 14.4 Å². The molecule has 3 heterocycles. The van der Waals surface area contributed by atoms with Gasteiger partial charge in [0.1, 0.15) is 0 Å². The van der Waals surface area contributed by atoms with Crippen LogP contribution in [0.2, 0.25) is 0 Å². The predicted molar refractivity (Wildman–Crippen MR) is 86.3 cm³/mol. The molecule has 0 saturated heterocycles. The van der Waals surface area contributed by atoms with E-state index < -0.39 is 23.5 Å². The van der Waals surface area contributed by atoms with Crippen molar-refractivity contribution in [2.45, 2.75) is 20.3 Å². The van der Waals surface area contributed by atoms with Crippen molar-refractivity contribution in [2.24, 2.45) is 0 Å². The first kappa shape index (κ1) is 17.2. The zero-order valence-electron chi connectivity index (χ0n) is 14.1. The number of rotatable bonds is 4. The molecule has 1 aliphatic rings. The summed E-state index contributed by atoms with van der Waals surface area (Å²) in [4.78, 5) is 45.0. The second kappa shape index (κ2) is 6.71. The van der Waals surface area contributed by atoms with Gasteiger partial charge in [0.15, 0.2) is 12.4 Å². The molecule has 2 aromatic rings. The fourth-order valence-electron chi connectivity index (χ4n) is 2.51. The number of hydrogen-bond donors (Lipinski definition) is 0. The van der Waals surface area contributed by atoms with E-state index in [-0.39, 0.29) is 11.6 Å². The number of carbonyl (C=O) groups is 3. The van der Waals surface area contributed by atoms with Crippen molar-refractivity contribution in [2.75, 3.05) is 5.01 Å². The van der Waals surface area contributed by atoms with E-state index in [0.717, 1.165) is 18.9 Å². The minimum absolute atomic E-state index is 0.179. The van der Waals surface area contributed by atoms with Gasteiger partial charge < -0.3 is 5.11 Å². The molecule has 0 N–H and O–H groups in total. The van der Waals surface area contributed by atoms with Crippen LogP contribution < -0.4 is 14.7 Å². The van der Waals surface area contributed by atoms with Gasteiger partial charge in [0.2, 0.25) is 5.91 Å². The Morgan fingerprint density at radius 1 is 1.19 bits per heavy atom. The molecule has 2 aromatic heterocycles. The number of carbonyl (C=O) groups excluding carboxylic acids is 3. The van der Waals surface area contributed by atoms with Crippen molar-refractivity contribution in [3.05, 3.63) is 54.3 Å². The maximum absolute atomic E-state index is 12.8. The molecule has 0 radical (unpaired) electrons. The zero-order valence-corrected chi connectivity index (χ0v) is 14.1. The number of pyridine rings is 1. The largest absolute Gasteiger partial charge is 0.864 e. The van der Waals surface area contributed by atoms with Gasteiger partial charge in [-0.2, -0.15) is 14.6 Å². The summed E-state index contributed by atoms with van der Waals surface area (Å²) in [6.07, 6.45) is 6.55. The number of nitrogens with zero attached hydrogens (tertiary/aromatic N) is 5. The molecule has 0 aliphatic carbocycles. The number of aromatic nitrogens is 3. The van der Waals surface area contributed by atoms with Gasteiger partial charge in [0.05, 0.1) is 0 Å². The quantitative estimate of drug-likeness (QED) is 0.525. The van der Waals surface area contributed by atoms with Crippen molar-refractivity contribution in [1.29, 1.82) is 0 Å². The Morgan fingerprint density at radius 3 is 2.35 bits per heavy atom. The van der Waals surface area contributed by atoms with E-state index in [9.17, 15) is 19.5 Å². The first-order valence-corrected chi connectivity index (χ1v) is 7.84. The van der Waals surface area contributed by atoms with Crippen LogP contribution in [0.1, 0.15) is 19.4 Å². The topological polar surface area (TPSA) is 110 Å². The van der Waals surface area contributed by atoms with Crippen LogP contribution in [-0.4, -0.2) is 32.7 Å². The van der Waals surface area contributed by atoms with Gasteiger partial charge in [0, 0.05) is 37.2 Å². The molecule has 3 amide bonds. The van der Waals surface area contributed by atoms with E-state index in [2.05, 4.69) is 9.97 Å². The van der Waals surface area contributed by atoms with Crippen LogP contribution in [-0.2, 0) is 20.8 Å². The molecule has 26 heavy (non-hydrogen) atoms. The number of aryl methyl sites for hydroxylation is 1. The number of hydrazine groups is 1. The minimum atomic E-state index is -1.14. The highest BCUT2D eigenvalue weighted by Crippen LogP contribution is 2.22. The summed E-state index contributed by atoms with van der Waals surface area (Å²) in [6, 6.07) is 5.00. The summed E-state index contributed by atoms with van der Waals surface area (Å²) in [5.74, 6) is -3.93. The standard InChI is InChI=1S/C17H15N5O4/c1-3-12-5-9-20(10-6-12)13-14(24)16(26)22(15(13)25)21(11(2)23)17-18-7-4-8-19-17/h4-10H,3H2,1-2H3. The van der Waals surface area contributed by atoms with Crippen LogP contribution in [0.25, 0.3) is 5.70 Å². The first-order chi connectivity index (χ1) is 12.5. The van der Waals surface area contributed by atoms with Crippen LogP contribution >= 0.6 is 0 Å². The van der Waals surface area contributed by atoms with Crippen LogP contribution in [0, 0.1) is 0 Å². The van der Waals surface area contributed by atoms with Crippen LogP contribution in [0.4, 0.5) is 5.95 Å². The van der Waals surface area contributed by atoms with Crippen molar-refractivity contribution < 1.29 is 24.1 Å². The van der Waals surface area contributed by atoms with Gasteiger partial charge in [-0.05, 0) is 18.1 Å². The van der Waals surface area contributed by atoms with E-state index in [1.54, 1.807) is 12.1 Å². The molecule has 0 saturated carbocycles. The van der Waals surface area contributed by atoms with Gasteiger partial charge >= 0.3 is 5.91 Å². The molecule has 132 valence electrons. The first-order valence-electron chi connectivity index (χ1n) is 7.84. The second-order valence-electron chi connectivity index (χ2n) is 5.45. The Kier molecular flexibility index (Phi) is 4.44. The Labute approximate surface area is 148 Å². The third kappa shape index (κ3) is 2.79. The van der Waals surface area contributed by atoms with Crippen molar-refractivity contribution in [1.82, 2.24) is 15.0 Å². The number of imide groups is 1. The molecular formula is C17H15N5O4. The van der Waals surface area contributed by atoms with E-state index in [0.29, 0.717) is 10.0 Å². The molecule has 9 nitrogen and oxygen atoms in total. The maximum atomic E-state index is 12.8. The monoisotopic (exact) mass is 353 g/mol. The fraction of sp³-hybridized carbons (Fsp3) is 0.176. The summed E-state index contributed by atoms with van der Waals surface area (Å²) < 4.78 is 1.27. The summed E-state index contributed by atoms with van der Waals surface area (Å²) in [5, 5.41) is 13.6. The van der Waals surface area contributed by atoms with E-state index >= 15 is 0 Å². The van der Waals surface area contributed by atoms with Gasteiger partial charge in [-0.1, -0.05) is 6.92 Å². The highest BCUT2D eigenvalue weighted by atomic mass is 16.3. The molecule has 0 spiro atoms. The zero-order chi connectivity index (χ0) is 18.8. The van der Waals surface area contributed by atoms with Crippen molar-refractivity contribution in [3.8, 4) is 0 Å². The van der Waals surface area contributed by atoms with Crippen molar-refractivity contribution in [3.63, 3.8) is 0 Å². The Hall–Kier alpha value is -3.62.